The van der Waals surface area contributed by atoms with Gasteiger partial charge in [-0.1, -0.05) is 6.07 Å². The van der Waals surface area contributed by atoms with Gasteiger partial charge in [0.05, 0.1) is 6.42 Å². The number of carbonyl (C=O) groups excluding carboxylic acids is 1. The third kappa shape index (κ3) is 3.57. The molecule has 5 heteroatoms. The predicted octanol–water partition coefficient (Wildman–Crippen LogP) is 2.00. The van der Waals surface area contributed by atoms with Crippen molar-refractivity contribution in [2.24, 2.45) is 5.92 Å². The third-order valence-electron chi connectivity index (χ3n) is 3.31. The number of hydrogen-bond donors (Lipinski definition) is 1. The van der Waals surface area contributed by atoms with Crippen LogP contribution in [0.2, 0.25) is 0 Å². The lowest BCUT2D eigenvalue weighted by Crippen LogP contribution is -2.29. The summed E-state index contributed by atoms with van der Waals surface area (Å²) in [6.45, 7) is 1.49. The zero-order valence-corrected chi connectivity index (χ0v) is 11.0. The SMILES string of the molecule is O=C(O)CCC1CCN(C(=O)Cc2cccs2)C1. The summed E-state index contributed by atoms with van der Waals surface area (Å²) < 4.78 is 0. The summed E-state index contributed by atoms with van der Waals surface area (Å²) >= 11 is 1.60. The van der Waals surface area contributed by atoms with E-state index in [0.717, 1.165) is 24.4 Å². The van der Waals surface area contributed by atoms with Gasteiger partial charge in [-0.05, 0) is 30.2 Å². The highest BCUT2D eigenvalue weighted by molar-refractivity contribution is 7.10. The van der Waals surface area contributed by atoms with Gasteiger partial charge in [-0.15, -0.1) is 11.3 Å². The van der Waals surface area contributed by atoms with Gasteiger partial charge in [0.2, 0.25) is 5.91 Å². The second-order valence-corrected chi connectivity index (χ2v) is 5.72. The van der Waals surface area contributed by atoms with Crippen LogP contribution in [0.4, 0.5) is 0 Å². The maximum absolute atomic E-state index is 12.0. The molecule has 1 amide bonds. The Labute approximate surface area is 110 Å². The van der Waals surface area contributed by atoms with E-state index in [9.17, 15) is 9.59 Å². The topological polar surface area (TPSA) is 57.6 Å². The quantitative estimate of drug-likeness (QED) is 0.887. The van der Waals surface area contributed by atoms with E-state index in [2.05, 4.69) is 0 Å². The fraction of sp³-hybridized carbons (Fsp3) is 0.538. The highest BCUT2D eigenvalue weighted by atomic mass is 32.1. The molecule has 1 fully saturated rings. The van der Waals surface area contributed by atoms with E-state index in [-0.39, 0.29) is 12.3 Å². The summed E-state index contributed by atoms with van der Waals surface area (Å²) in [6.07, 6.45) is 2.29. The van der Waals surface area contributed by atoms with Crippen molar-refractivity contribution in [2.45, 2.75) is 25.7 Å². The summed E-state index contributed by atoms with van der Waals surface area (Å²) in [4.78, 5) is 25.5. The van der Waals surface area contributed by atoms with Gasteiger partial charge in [-0.3, -0.25) is 9.59 Å². The Bertz CT molecular complexity index is 416. The number of aliphatic carboxylic acids is 1. The van der Waals surface area contributed by atoms with E-state index < -0.39 is 5.97 Å². The summed E-state index contributed by atoms with van der Waals surface area (Å²) in [5.41, 5.74) is 0. The number of carbonyl (C=O) groups is 2. The lowest BCUT2D eigenvalue weighted by molar-refractivity contribution is -0.137. The Morgan fingerprint density at radius 1 is 1.50 bits per heavy atom. The first kappa shape index (κ1) is 13.1. The van der Waals surface area contributed by atoms with Crippen LogP contribution in [0.15, 0.2) is 17.5 Å². The molecule has 1 N–H and O–H groups in total. The smallest absolute Gasteiger partial charge is 0.303 e. The van der Waals surface area contributed by atoms with Crippen LogP contribution in [-0.2, 0) is 16.0 Å². The van der Waals surface area contributed by atoms with Crippen molar-refractivity contribution in [1.29, 1.82) is 0 Å². The first-order chi connectivity index (χ1) is 8.65. The van der Waals surface area contributed by atoms with Gasteiger partial charge in [0.25, 0.3) is 0 Å². The van der Waals surface area contributed by atoms with E-state index in [0.29, 0.717) is 18.8 Å². The molecule has 1 unspecified atom stereocenters. The monoisotopic (exact) mass is 267 g/mol. The molecule has 1 aliphatic rings. The van der Waals surface area contributed by atoms with Crippen LogP contribution in [0.25, 0.3) is 0 Å². The minimum Gasteiger partial charge on any atom is -0.481 e. The number of amides is 1. The van der Waals surface area contributed by atoms with Crippen molar-refractivity contribution in [3.8, 4) is 0 Å². The molecule has 0 aromatic carbocycles. The van der Waals surface area contributed by atoms with E-state index in [1.54, 1.807) is 11.3 Å². The van der Waals surface area contributed by atoms with Crippen LogP contribution in [0.3, 0.4) is 0 Å². The molecule has 0 saturated carbocycles. The van der Waals surface area contributed by atoms with Crippen molar-refractivity contribution >= 4 is 23.2 Å². The summed E-state index contributed by atoms with van der Waals surface area (Å²) in [5.74, 6) is -0.234. The number of hydrogen-bond acceptors (Lipinski definition) is 3. The molecule has 2 heterocycles. The number of rotatable bonds is 5. The third-order valence-corrected chi connectivity index (χ3v) is 4.19. The van der Waals surface area contributed by atoms with E-state index in [1.807, 2.05) is 22.4 Å². The Balaban J connectivity index is 1.77. The molecule has 0 bridgehead atoms. The molecule has 0 spiro atoms. The first-order valence-electron chi connectivity index (χ1n) is 6.17. The maximum atomic E-state index is 12.0. The average molecular weight is 267 g/mol. The van der Waals surface area contributed by atoms with Crippen LogP contribution in [0.5, 0.6) is 0 Å². The predicted molar refractivity (Wildman–Crippen MR) is 69.6 cm³/mol. The number of likely N-dealkylation sites (tertiary alicyclic amines) is 1. The Morgan fingerprint density at radius 2 is 2.33 bits per heavy atom. The van der Waals surface area contributed by atoms with E-state index >= 15 is 0 Å². The summed E-state index contributed by atoms with van der Waals surface area (Å²) in [7, 11) is 0. The highest BCUT2D eigenvalue weighted by Crippen LogP contribution is 2.22. The molecular weight excluding hydrogens is 250 g/mol. The van der Waals surface area contributed by atoms with Crippen LogP contribution in [0.1, 0.15) is 24.1 Å². The fourth-order valence-electron chi connectivity index (χ4n) is 2.30. The zero-order valence-electron chi connectivity index (χ0n) is 10.2. The molecule has 1 aromatic rings. The van der Waals surface area contributed by atoms with Crippen molar-refractivity contribution in [2.75, 3.05) is 13.1 Å². The van der Waals surface area contributed by atoms with Crippen molar-refractivity contribution in [1.82, 2.24) is 4.90 Å². The Morgan fingerprint density at radius 3 is 3.00 bits per heavy atom. The normalized spacial score (nSPS) is 19.1. The molecule has 2 rings (SSSR count). The van der Waals surface area contributed by atoms with Crippen LogP contribution >= 0.6 is 11.3 Å². The van der Waals surface area contributed by atoms with Gasteiger partial charge >= 0.3 is 5.97 Å². The summed E-state index contributed by atoms with van der Waals surface area (Å²) in [6, 6.07) is 3.92. The lowest BCUT2D eigenvalue weighted by Gasteiger charge is -2.15. The number of thiophene rings is 1. The number of carboxylic acid groups (broad SMARTS) is 1. The fourth-order valence-corrected chi connectivity index (χ4v) is 2.99. The van der Waals surface area contributed by atoms with E-state index in [4.69, 9.17) is 5.11 Å². The van der Waals surface area contributed by atoms with Crippen LogP contribution < -0.4 is 0 Å². The molecule has 0 radical (unpaired) electrons. The van der Waals surface area contributed by atoms with Gasteiger partial charge < -0.3 is 10.0 Å². The van der Waals surface area contributed by atoms with Crippen molar-refractivity contribution in [3.63, 3.8) is 0 Å². The molecule has 1 saturated heterocycles. The van der Waals surface area contributed by atoms with Crippen LogP contribution in [-0.4, -0.2) is 35.0 Å². The number of nitrogens with zero attached hydrogens (tertiary/aromatic N) is 1. The van der Waals surface area contributed by atoms with Gasteiger partial charge in [0, 0.05) is 24.4 Å². The minimum atomic E-state index is -0.752. The lowest BCUT2D eigenvalue weighted by atomic mass is 10.0. The van der Waals surface area contributed by atoms with Crippen molar-refractivity contribution in [3.05, 3.63) is 22.4 Å². The molecule has 4 nitrogen and oxygen atoms in total. The standard InChI is InChI=1S/C13H17NO3S/c15-12(8-11-2-1-7-18-11)14-6-5-10(9-14)3-4-13(16)17/h1-2,7,10H,3-6,8-9H2,(H,16,17). The second-order valence-electron chi connectivity index (χ2n) is 4.68. The molecule has 1 aromatic heterocycles. The first-order valence-corrected chi connectivity index (χ1v) is 7.05. The van der Waals surface area contributed by atoms with Crippen molar-refractivity contribution < 1.29 is 14.7 Å². The number of carboxylic acids is 1. The molecular formula is C13H17NO3S. The van der Waals surface area contributed by atoms with Gasteiger partial charge in [-0.2, -0.15) is 0 Å². The van der Waals surface area contributed by atoms with Gasteiger partial charge in [-0.25, -0.2) is 0 Å². The van der Waals surface area contributed by atoms with E-state index in [1.165, 1.54) is 0 Å². The Kier molecular flexibility index (Phi) is 4.36. The Hall–Kier alpha value is -1.36. The van der Waals surface area contributed by atoms with Gasteiger partial charge in [0.15, 0.2) is 0 Å². The van der Waals surface area contributed by atoms with Crippen LogP contribution in [0, 0.1) is 5.92 Å². The highest BCUT2D eigenvalue weighted by Gasteiger charge is 2.26. The molecule has 1 atom stereocenters. The maximum Gasteiger partial charge on any atom is 0.303 e. The second kappa shape index (κ2) is 6.00. The zero-order chi connectivity index (χ0) is 13.0. The minimum absolute atomic E-state index is 0.162. The largest absolute Gasteiger partial charge is 0.481 e. The molecule has 98 valence electrons. The van der Waals surface area contributed by atoms with Gasteiger partial charge in [0.1, 0.15) is 0 Å². The molecule has 18 heavy (non-hydrogen) atoms. The summed E-state index contributed by atoms with van der Waals surface area (Å²) in [5, 5.41) is 10.6. The average Bonchev–Trinajstić information content (AvgIpc) is 2.96. The molecule has 1 aliphatic heterocycles. The molecule has 0 aliphatic carbocycles.